The molecular weight excluding hydrogens is 283 g/mol. The molecule has 2 rings (SSSR count). The van der Waals surface area contributed by atoms with Crippen LogP contribution >= 0.6 is 23.2 Å². The van der Waals surface area contributed by atoms with E-state index >= 15 is 0 Å². The summed E-state index contributed by atoms with van der Waals surface area (Å²) in [5.41, 5.74) is 6.79. The van der Waals surface area contributed by atoms with Gasteiger partial charge < -0.3 is 10.5 Å². The van der Waals surface area contributed by atoms with Crippen LogP contribution in [0.2, 0.25) is 10.0 Å². The molecule has 0 spiro atoms. The number of hydrogen-bond acceptors (Lipinski definition) is 3. The summed E-state index contributed by atoms with van der Waals surface area (Å²) < 4.78 is 5.69. The third-order valence-electron chi connectivity index (χ3n) is 2.40. The number of nitrogens with zero attached hydrogens (tertiary/aromatic N) is 1. The predicted octanol–water partition coefficient (Wildman–Crippen LogP) is 4.07. The molecule has 100 valence electrons. The first-order chi connectivity index (χ1) is 9.02. The van der Waals surface area contributed by atoms with Gasteiger partial charge in [0.25, 0.3) is 0 Å². The Morgan fingerprint density at radius 2 is 1.79 bits per heavy atom. The van der Waals surface area contributed by atoms with Crippen molar-refractivity contribution in [2.45, 2.75) is 19.4 Å². The molecular formula is C14H14Cl2N2O. The van der Waals surface area contributed by atoms with Gasteiger partial charge in [-0.1, -0.05) is 23.2 Å². The van der Waals surface area contributed by atoms with Gasteiger partial charge in [0, 0.05) is 22.3 Å². The fraction of sp³-hybridized carbons (Fsp3) is 0.214. The lowest BCUT2D eigenvalue weighted by Crippen LogP contribution is -2.17. The molecule has 0 amide bonds. The summed E-state index contributed by atoms with van der Waals surface area (Å²) in [7, 11) is 0. The van der Waals surface area contributed by atoms with Crippen LogP contribution in [0.5, 0.6) is 11.5 Å². The lowest BCUT2D eigenvalue weighted by Gasteiger charge is -2.09. The van der Waals surface area contributed by atoms with Crippen LogP contribution in [0, 0.1) is 0 Å². The lowest BCUT2D eigenvalue weighted by molar-refractivity contribution is 0.479. The summed E-state index contributed by atoms with van der Waals surface area (Å²) in [5.74, 6) is 1.22. The van der Waals surface area contributed by atoms with Crippen molar-refractivity contribution in [3.05, 3.63) is 52.3 Å². The SMILES string of the molecule is CC(N)Cc1cncc(Oc2cc(Cl)cc(Cl)c2)c1. The minimum absolute atomic E-state index is 0.0812. The number of benzene rings is 1. The van der Waals surface area contributed by atoms with Gasteiger partial charge in [-0.15, -0.1) is 0 Å². The molecule has 1 unspecified atom stereocenters. The standard InChI is InChI=1S/C14H14Cl2N2O/c1-9(17)2-10-3-14(8-18-7-10)19-13-5-11(15)4-12(16)6-13/h3-9H,2,17H2,1H3. The minimum Gasteiger partial charge on any atom is -0.456 e. The van der Waals surface area contributed by atoms with Gasteiger partial charge in [-0.25, -0.2) is 0 Å². The average Bonchev–Trinajstić information content (AvgIpc) is 2.26. The Bertz CT molecular complexity index is 553. The van der Waals surface area contributed by atoms with Crippen LogP contribution < -0.4 is 10.5 Å². The van der Waals surface area contributed by atoms with Crippen LogP contribution in [-0.2, 0) is 6.42 Å². The molecule has 1 heterocycles. The average molecular weight is 297 g/mol. The molecule has 3 nitrogen and oxygen atoms in total. The maximum atomic E-state index is 5.92. The molecule has 0 saturated heterocycles. The van der Waals surface area contributed by atoms with Crippen molar-refractivity contribution < 1.29 is 4.74 Å². The highest BCUT2D eigenvalue weighted by Gasteiger charge is 2.04. The first kappa shape index (κ1) is 14.1. The maximum absolute atomic E-state index is 5.92. The molecule has 1 atom stereocenters. The Hall–Kier alpha value is -1.29. The smallest absolute Gasteiger partial charge is 0.145 e. The van der Waals surface area contributed by atoms with Crippen LogP contribution in [0.4, 0.5) is 0 Å². The molecule has 0 bridgehead atoms. The van der Waals surface area contributed by atoms with Crippen LogP contribution in [0.1, 0.15) is 12.5 Å². The largest absolute Gasteiger partial charge is 0.456 e. The highest BCUT2D eigenvalue weighted by Crippen LogP contribution is 2.28. The summed E-state index contributed by atoms with van der Waals surface area (Å²) in [4.78, 5) is 4.13. The minimum atomic E-state index is 0.0812. The molecule has 0 radical (unpaired) electrons. The van der Waals surface area contributed by atoms with E-state index in [1.165, 1.54) is 0 Å². The Labute approximate surface area is 122 Å². The number of rotatable bonds is 4. The molecule has 19 heavy (non-hydrogen) atoms. The lowest BCUT2D eigenvalue weighted by atomic mass is 10.1. The number of halogens is 2. The summed E-state index contributed by atoms with van der Waals surface area (Å²) >= 11 is 11.8. The third kappa shape index (κ3) is 4.39. The zero-order chi connectivity index (χ0) is 13.8. The van der Waals surface area contributed by atoms with Crippen molar-refractivity contribution in [1.29, 1.82) is 0 Å². The topological polar surface area (TPSA) is 48.1 Å². The van der Waals surface area contributed by atoms with E-state index in [-0.39, 0.29) is 6.04 Å². The Morgan fingerprint density at radius 3 is 2.42 bits per heavy atom. The van der Waals surface area contributed by atoms with E-state index in [0.717, 1.165) is 12.0 Å². The van der Waals surface area contributed by atoms with E-state index < -0.39 is 0 Å². The van der Waals surface area contributed by atoms with Crippen molar-refractivity contribution in [2.24, 2.45) is 5.73 Å². The van der Waals surface area contributed by atoms with Gasteiger partial charge in [0.1, 0.15) is 11.5 Å². The number of nitrogens with two attached hydrogens (primary N) is 1. The van der Waals surface area contributed by atoms with Crippen LogP contribution in [0.25, 0.3) is 0 Å². The first-order valence-electron chi connectivity index (χ1n) is 5.86. The maximum Gasteiger partial charge on any atom is 0.145 e. The number of pyridine rings is 1. The van der Waals surface area contributed by atoms with Crippen molar-refractivity contribution in [3.63, 3.8) is 0 Å². The molecule has 2 aromatic rings. The molecule has 0 fully saturated rings. The van der Waals surface area contributed by atoms with E-state index in [1.54, 1.807) is 30.6 Å². The highest BCUT2D eigenvalue weighted by atomic mass is 35.5. The van der Waals surface area contributed by atoms with Gasteiger partial charge in [0.15, 0.2) is 0 Å². The first-order valence-corrected chi connectivity index (χ1v) is 6.62. The zero-order valence-corrected chi connectivity index (χ0v) is 11.9. The predicted molar refractivity (Wildman–Crippen MR) is 78.1 cm³/mol. The summed E-state index contributed by atoms with van der Waals surface area (Å²) in [6, 6.07) is 7.04. The summed E-state index contributed by atoms with van der Waals surface area (Å²) in [5, 5.41) is 1.06. The highest BCUT2D eigenvalue weighted by molar-refractivity contribution is 6.34. The van der Waals surface area contributed by atoms with Crippen LogP contribution in [0.3, 0.4) is 0 Å². The molecule has 1 aromatic heterocycles. The van der Waals surface area contributed by atoms with Crippen molar-refractivity contribution in [2.75, 3.05) is 0 Å². The molecule has 1 aromatic carbocycles. The Kier molecular flexibility index (Phi) is 4.64. The van der Waals surface area contributed by atoms with E-state index in [1.807, 2.05) is 13.0 Å². The summed E-state index contributed by atoms with van der Waals surface area (Å²) in [6.45, 7) is 1.95. The van der Waals surface area contributed by atoms with Crippen molar-refractivity contribution in [1.82, 2.24) is 4.98 Å². The second kappa shape index (κ2) is 6.24. The Balaban J connectivity index is 2.18. The Morgan fingerprint density at radius 1 is 1.11 bits per heavy atom. The van der Waals surface area contributed by atoms with E-state index in [9.17, 15) is 0 Å². The van der Waals surface area contributed by atoms with Gasteiger partial charge in [-0.2, -0.15) is 0 Å². The van der Waals surface area contributed by atoms with Gasteiger partial charge >= 0.3 is 0 Å². The second-order valence-electron chi connectivity index (χ2n) is 4.42. The van der Waals surface area contributed by atoms with Crippen LogP contribution in [-0.4, -0.2) is 11.0 Å². The van der Waals surface area contributed by atoms with Crippen molar-refractivity contribution in [3.8, 4) is 11.5 Å². The molecule has 0 saturated carbocycles. The zero-order valence-electron chi connectivity index (χ0n) is 10.4. The van der Waals surface area contributed by atoms with E-state index in [4.69, 9.17) is 33.7 Å². The normalized spacial score (nSPS) is 12.2. The number of aromatic nitrogens is 1. The quantitative estimate of drug-likeness (QED) is 0.925. The van der Waals surface area contributed by atoms with Gasteiger partial charge in [0.2, 0.25) is 0 Å². The van der Waals surface area contributed by atoms with Crippen LogP contribution in [0.15, 0.2) is 36.7 Å². The number of hydrogen-bond donors (Lipinski definition) is 1. The van der Waals surface area contributed by atoms with Crippen molar-refractivity contribution >= 4 is 23.2 Å². The third-order valence-corrected chi connectivity index (χ3v) is 2.84. The molecule has 0 aliphatic heterocycles. The van der Waals surface area contributed by atoms with E-state index in [2.05, 4.69) is 4.98 Å². The molecule has 5 heteroatoms. The fourth-order valence-corrected chi connectivity index (χ4v) is 2.23. The van der Waals surface area contributed by atoms with Gasteiger partial charge in [-0.05, 0) is 43.2 Å². The molecule has 2 N–H and O–H groups in total. The number of ether oxygens (including phenoxy) is 1. The van der Waals surface area contributed by atoms with Gasteiger partial charge in [-0.3, -0.25) is 4.98 Å². The van der Waals surface area contributed by atoms with E-state index in [0.29, 0.717) is 21.5 Å². The molecule has 0 aliphatic rings. The summed E-state index contributed by atoms with van der Waals surface area (Å²) in [6.07, 6.45) is 4.17. The van der Waals surface area contributed by atoms with Gasteiger partial charge in [0.05, 0.1) is 6.20 Å². The fourth-order valence-electron chi connectivity index (χ4n) is 1.73. The second-order valence-corrected chi connectivity index (χ2v) is 5.29. The molecule has 0 aliphatic carbocycles. The monoisotopic (exact) mass is 296 g/mol.